The molecule has 3 rings (SSSR count). The minimum absolute atomic E-state index is 0.195. The quantitative estimate of drug-likeness (QED) is 0.579. The molecule has 2 N–H and O–H groups in total. The van der Waals surface area contributed by atoms with Crippen molar-refractivity contribution in [2.75, 3.05) is 31.4 Å². The number of rotatable bonds is 8. The van der Waals surface area contributed by atoms with Crippen LogP contribution in [0.1, 0.15) is 15.9 Å². The van der Waals surface area contributed by atoms with Gasteiger partial charge in [-0.3, -0.25) is 4.79 Å². The van der Waals surface area contributed by atoms with E-state index in [4.69, 9.17) is 9.47 Å². The highest BCUT2D eigenvalue weighted by atomic mass is 19.1. The number of nitrogens with one attached hydrogen (secondary N) is 2. The summed E-state index contributed by atoms with van der Waals surface area (Å²) in [5, 5.41) is 6.10. The highest BCUT2D eigenvalue weighted by Gasteiger charge is 2.18. The van der Waals surface area contributed by atoms with E-state index in [2.05, 4.69) is 10.6 Å². The van der Waals surface area contributed by atoms with Crippen LogP contribution in [0.3, 0.4) is 0 Å². The summed E-state index contributed by atoms with van der Waals surface area (Å²) >= 11 is 0. The molecule has 0 fully saturated rings. The van der Waals surface area contributed by atoms with Gasteiger partial charge in [0.1, 0.15) is 22.9 Å². The van der Waals surface area contributed by atoms with E-state index in [0.717, 1.165) is 5.69 Å². The van der Waals surface area contributed by atoms with Crippen LogP contribution in [0.4, 0.5) is 15.8 Å². The molecule has 5 nitrogen and oxygen atoms in total. The molecule has 0 atom stereocenters. The van der Waals surface area contributed by atoms with Crippen LogP contribution in [0.2, 0.25) is 0 Å². The minimum atomic E-state index is -0.320. The average molecular weight is 394 g/mol. The van der Waals surface area contributed by atoms with Crippen molar-refractivity contribution in [3.63, 3.8) is 0 Å². The van der Waals surface area contributed by atoms with Gasteiger partial charge >= 0.3 is 0 Å². The summed E-state index contributed by atoms with van der Waals surface area (Å²) in [6.07, 6.45) is 0.582. The van der Waals surface area contributed by atoms with E-state index < -0.39 is 0 Å². The van der Waals surface area contributed by atoms with Gasteiger partial charge in [-0.1, -0.05) is 24.3 Å². The van der Waals surface area contributed by atoms with Crippen molar-refractivity contribution in [2.45, 2.75) is 6.42 Å². The number of hydrogen-bond donors (Lipinski definition) is 2. The molecule has 0 unspecified atom stereocenters. The van der Waals surface area contributed by atoms with Crippen LogP contribution in [-0.2, 0) is 6.42 Å². The van der Waals surface area contributed by atoms with Gasteiger partial charge in [-0.05, 0) is 54.4 Å². The van der Waals surface area contributed by atoms with Gasteiger partial charge in [0.15, 0.2) is 0 Å². The third kappa shape index (κ3) is 5.04. The predicted octanol–water partition coefficient (Wildman–Crippen LogP) is 4.75. The normalized spacial score (nSPS) is 10.3. The molecule has 0 aliphatic carbocycles. The summed E-state index contributed by atoms with van der Waals surface area (Å²) in [6.45, 7) is 0.602. The van der Waals surface area contributed by atoms with E-state index in [-0.39, 0.29) is 11.7 Å². The average Bonchev–Trinajstić information content (AvgIpc) is 2.75. The molecule has 150 valence electrons. The molecule has 29 heavy (non-hydrogen) atoms. The van der Waals surface area contributed by atoms with E-state index in [1.807, 2.05) is 18.2 Å². The van der Waals surface area contributed by atoms with Crippen molar-refractivity contribution < 1.29 is 18.7 Å². The van der Waals surface area contributed by atoms with Crippen molar-refractivity contribution in [2.24, 2.45) is 0 Å². The van der Waals surface area contributed by atoms with Gasteiger partial charge in [-0.15, -0.1) is 0 Å². The highest BCUT2D eigenvalue weighted by molar-refractivity contribution is 6.08. The Labute approximate surface area is 169 Å². The lowest BCUT2D eigenvalue weighted by molar-refractivity contribution is 0.102. The smallest absolute Gasteiger partial charge is 0.263 e. The first kappa shape index (κ1) is 20.2. The largest absolute Gasteiger partial charge is 0.496 e. The number of carbonyl (C=O) groups excluding carboxylic acids is 1. The Morgan fingerprint density at radius 1 is 0.862 bits per heavy atom. The molecule has 0 aromatic heterocycles. The van der Waals surface area contributed by atoms with Gasteiger partial charge in [0.2, 0.25) is 0 Å². The maximum Gasteiger partial charge on any atom is 0.263 e. The monoisotopic (exact) mass is 394 g/mol. The molecule has 0 heterocycles. The van der Waals surface area contributed by atoms with Crippen molar-refractivity contribution in [3.05, 3.63) is 83.7 Å². The third-order valence-electron chi connectivity index (χ3n) is 4.48. The summed E-state index contributed by atoms with van der Waals surface area (Å²) in [4.78, 5) is 12.7. The first-order valence-corrected chi connectivity index (χ1v) is 9.22. The lowest BCUT2D eigenvalue weighted by atomic mass is 10.1. The second-order valence-corrected chi connectivity index (χ2v) is 6.34. The van der Waals surface area contributed by atoms with Gasteiger partial charge in [0.05, 0.1) is 14.2 Å². The summed E-state index contributed by atoms with van der Waals surface area (Å²) < 4.78 is 24.2. The molecule has 0 aliphatic heterocycles. The third-order valence-corrected chi connectivity index (χ3v) is 4.48. The zero-order valence-corrected chi connectivity index (χ0v) is 16.4. The van der Waals surface area contributed by atoms with Gasteiger partial charge in [-0.2, -0.15) is 0 Å². The van der Waals surface area contributed by atoms with E-state index in [1.54, 1.807) is 42.5 Å². The van der Waals surface area contributed by atoms with Crippen LogP contribution in [0.25, 0.3) is 0 Å². The number of amides is 1. The Kier molecular flexibility index (Phi) is 6.68. The van der Waals surface area contributed by atoms with E-state index in [0.29, 0.717) is 41.3 Å². The van der Waals surface area contributed by atoms with E-state index in [1.165, 1.54) is 20.3 Å². The zero-order chi connectivity index (χ0) is 20.6. The van der Waals surface area contributed by atoms with Crippen molar-refractivity contribution in [1.82, 2.24) is 0 Å². The van der Waals surface area contributed by atoms with Crippen LogP contribution in [0, 0.1) is 5.82 Å². The fourth-order valence-electron chi connectivity index (χ4n) is 2.98. The number of benzene rings is 3. The molecular formula is C23H23FN2O3. The van der Waals surface area contributed by atoms with Crippen LogP contribution in [-0.4, -0.2) is 26.7 Å². The molecule has 0 bridgehead atoms. The molecular weight excluding hydrogens is 371 g/mol. The van der Waals surface area contributed by atoms with Gasteiger partial charge in [0, 0.05) is 17.9 Å². The lowest BCUT2D eigenvalue weighted by Crippen LogP contribution is -2.14. The Balaban J connectivity index is 1.61. The summed E-state index contributed by atoms with van der Waals surface area (Å²) in [7, 11) is 3.01. The van der Waals surface area contributed by atoms with Crippen LogP contribution in [0.15, 0.2) is 66.7 Å². The van der Waals surface area contributed by atoms with Crippen molar-refractivity contribution in [3.8, 4) is 11.5 Å². The van der Waals surface area contributed by atoms with Gasteiger partial charge in [0.25, 0.3) is 5.91 Å². The lowest BCUT2D eigenvalue weighted by Gasteiger charge is -2.13. The molecule has 0 aliphatic rings. The summed E-state index contributed by atoms with van der Waals surface area (Å²) in [6, 6.07) is 19.2. The second-order valence-electron chi connectivity index (χ2n) is 6.34. The number of ether oxygens (including phenoxy) is 2. The van der Waals surface area contributed by atoms with Crippen molar-refractivity contribution in [1.29, 1.82) is 0 Å². The number of methoxy groups -OCH3 is 2. The van der Waals surface area contributed by atoms with E-state index >= 15 is 0 Å². The Morgan fingerprint density at radius 2 is 1.48 bits per heavy atom. The number of hydrogen-bond acceptors (Lipinski definition) is 4. The Bertz CT molecular complexity index is 952. The summed E-state index contributed by atoms with van der Waals surface area (Å²) in [5.74, 6) is 0.361. The van der Waals surface area contributed by atoms with Gasteiger partial charge in [-0.25, -0.2) is 4.39 Å². The number of anilines is 2. The standard InChI is InChI=1S/C23H23FN2O3/c1-28-20-8-5-9-21(29-2)22(20)23(27)26-18-12-10-17(11-13-18)25-15-14-16-6-3-4-7-19(16)24/h3-13,25H,14-15H2,1-2H3,(H,26,27). The fraction of sp³-hybridized carbons (Fsp3) is 0.174. The van der Waals surface area contributed by atoms with Crippen LogP contribution in [0.5, 0.6) is 11.5 Å². The molecule has 0 spiro atoms. The Hall–Kier alpha value is -3.54. The molecule has 3 aromatic carbocycles. The summed E-state index contributed by atoms with van der Waals surface area (Å²) in [5.41, 5.74) is 2.54. The molecule has 0 saturated heterocycles. The predicted molar refractivity (Wildman–Crippen MR) is 113 cm³/mol. The maximum absolute atomic E-state index is 13.7. The number of halogens is 1. The van der Waals surface area contributed by atoms with Crippen LogP contribution >= 0.6 is 0 Å². The molecule has 6 heteroatoms. The molecule has 1 amide bonds. The fourth-order valence-corrected chi connectivity index (χ4v) is 2.98. The molecule has 0 radical (unpaired) electrons. The van der Waals surface area contributed by atoms with E-state index in [9.17, 15) is 9.18 Å². The topological polar surface area (TPSA) is 59.6 Å². The zero-order valence-electron chi connectivity index (χ0n) is 16.4. The SMILES string of the molecule is COc1cccc(OC)c1C(=O)Nc1ccc(NCCc2ccccc2F)cc1. The second kappa shape index (κ2) is 9.59. The van der Waals surface area contributed by atoms with Crippen LogP contribution < -0.4 is 20.1 Å². The first-order chi connectivity index (χ1) is 14.1. The Morgan fingerprint density at radius 3 is 2.10 bits per heavy atom. The maximum atomic E-state index is 13.7. The van der Waals surface area contributed by atoms with Gasteiger partial charge < -0.3 is 20.1 Å². The number of carbonyl (C=O) groups is 1. The van der Waals surface area contributed by atoms with Crippen molar-refractivity contribution >= 4 is 17.3 Å². The molecule has 0 saturated carbocycles. The highest BCUT2D eigenvalue weighted by Crippen LogP contribution is 2.29. The minimum Gasteiger partial charge on any atom is -0.496 e. The first-order valence-electron chi connectivity index (χ1n) is 9.22. The molecule has 3 aromatic rings.